The molecule has 2 amide bonds. The molecule has 1 heterocycles. The first kappa shape index (κ1) is 16.7. The number of likely N-dealkylation sites (N-methyl/N-ethyl adjacent to an activating group) is 1. The van der Waals surface area contributed by atoms with Crippen molar-refractivity contribution in [2.24, 2.45) is 0 Å². The molecule has 3 rings (SSSR count). The van der Waals surface area contributed by atoms with Gasteiger partial charge in [0.15, 0.2) is 0 Å². The van der Waals surface area contributed by atoms with Gasteiger partial charge >= 0.3 is 12.0 Å². The molecule has 0 atom stereocenters. The number of nitrogens with zero attached hydrogens (tertiary/aromatic N) is 2. The number of thiazole rings is 1. The van der Waals surface area contributed by atoms with Crippen LogP contribution in [0.4, 0.5) is 10.5 Å². The maximum atomic E-state index is 12.1. The number of carboxylic acid groups (broad SMARTS) is 1. The number of nitrogens with one attached hydrogen (secondary N) is 2. The Morgan fingerprint density at radius 2 is 2.21 bits per heavy atom. The highest BCUT2D eigenvalue weighted by Gasteiger charge is 2.34. The van der Waals surface area contributed by atoms with Crippen molar-refractivity contribution in [3.63, 3.8) is 0 Å². The van der Waals surface area contributed by atoms with Gasteiger partial charge < -0.3 is 15.7 Å². The highest BCUT2D eigenvalue weighted by Crippen LogP contribution is 2.26. The van der Waals surface area contributed by atoms with E-state index >= 15 is 0 Å². The number of aliphatic carboxylic acids is 1. The zero-order valence-corrected chi connectivity index (χ0v) is 14.2. The average molecular weight is 348 g/mol. The summed E-state index contributed by atoms with van der Waals surface area (Å²) in [5.41, 5.74) is 3.44. The smallest absolute Gasteiger partial charge is 0.319 e. The molecule has 2 aromatic rings. The van der Waals surface area contributed by atoms with Crippen LogP contribution in [0.15, 0.2) is 23.7 Å². The van der Waals surface area contributed by atoms with Gasteiger partial charge in [-0.2, -0.15) is 0 Å². The molecule has 0 saturated heterocycles. The van der Waals surface area contributed by atoms with Crippen LogP contribution >= 0.6 is 11.3 Å². The minimum atomic E-state index is -0.815. The van der Waals surface area contributed by atoms with E-state index in [0.717, 1.165) is 28.7 Å². The standard InChI is InChI=1S/C16H20N4O3S/c1-2-20(8-15(21)22)12-5-11(6-12)19-16(23)18-10-3-4-13-14(7-10)24-9-17-13/h3-4,7,9,11-12H,2,5-6,8H2,1H3,(H,21,22)(H2,18,19,23). The summed E-state index contributed by atoms with van der Waals surface area (Å²) in [6.07, 6.45) is 1.56. The van der Waals surface area contributed by atoms with Crippen LogP contribution in [-0.4, -0.2) is 52.2 Å². The van der Waals surface area contributed by atoms with E-state index < -0.39 is 5.97 Å². The van der Waals surface area contributed by atoms with E-state index in [9.17, 15) is 9.59 Å². The molecule has 7 nitrogen and oxygen atoms in total. The summed E-state index contributed by atoms with van der Waals surface area (Å²) in [5, 5.41) is 14.7. The van der Waals surface area contributed by atoms with Crippen LogP contribution in [-0.2, 0) is 4.79 Å². The van der Waals surface area contributed by atoms with E-state index in [1.165, 1.54) is 11.3 Å². The van der Waals surface area contributed by atoms with Gasteiger partial charge in [-0.05, 0) is 37.6 Å². The minimum Gasteiger partial charge on any atom is -0.480 e. The predicted octanol–water partition coefficient (Wildman–Crippen LogP) is 2.36. The summed E-state index contributed by atoms with van der Waals surface area (Å²) in [7, 11) is 0. The molecule has 1 aromatic carbocycles. The number of anilines is 1. The lowest BCUT2D eigenvalue weighted by molar-refractivity contribution is -0.139. The fourth-order valence-corrected chi connectivity index (χ4v) is 3.68. The molecule has 1 fully saturated rings. The molecule has 1 aromatic heterocycles. The topological polar surface area (TPSA) is 94.6 Å². The summed E-state index contributed by atoms with van der Waals surface area (Å²) in [6.45, 7) is 2.70. The van der Waals surface area contributed by atoms with Crippen molar-refractivity contribution >= 4 is 39.2 Å². The van der Waals surface area contributed by atoms with Crippen molar-refractivity contribution in [3.05, 3.63) is 23.7 Å². The Kier molecular flexibility index (Phi) is 4.96. The molecule has 1 aliphatic rings. The summed E-state index contributed by atoms with van der Waals surface area (Å²) in [4.78, 5) is 29.0. The lowest BCUT2D eigenvalue weighted by Crippen LogP contribution is -2.55. The summed E-state index contributed by atoms with van der Waals surface area (Å²) in [5.74, 6) is -0.815. The largest absolute Gasteiger partial charge is 0.480 e. The van der Waals surface area contributed by atoms with Crippen molar-refractivity contribution in [2.75, 3.05) is 18.4 Å². The number of carbonyl (C=O) groups excluding carboxylic acids is 1. The summed E-state index contributed by atoms with van der Waals surface area (Å²) in [6, 6.07) is 5.70. The molecule has 0 aliphatic heterocycles. The second-order valence-corrected chi connectivity index (χ2v) is 6.80. The Morgan fingerprint density at radius 3 is 2.92 bits per heavy atom. The monoisotopic (exact) mass is 348 g/mol. The number of carboxylic acids is 1. The highest BCUT2D eigenvalue weighted by atomic mass is 32.1. The SMILES string of the molecule is CCN(CC(=O)O)C1CC(NC(=O)Nc2ccc3ncsc3c2)C1. The van der Waals surface area contributed by atoms with Crippen molar-refractivity contribution in [1.82, 2.24) is 15.2 Å². The normalized spacial score (nSPS) is 19.9. The molecule has 3 N–H and O–H groups in total. The molecular formula is C16H20N4O3S. The third kappa shape index (κ3) is 3.82. The summed E-state index contributed by atoms with van der Waals surface area (Å²) < 4.78 is 1.03. The highest BCUT2D eigenvalue weighted by molar-refractivity contribution is 7.16. The van der Waals surface area contributed by atoms with E-state index in [1.807, 2.05) is 30.0 Å². The molecule has 0 radical (unpaired) electrons. The second kappa shape index (κ2) is 7.14. The molecule has 1 saturated carbocycles. The van der Waals surface area contributed by atoms with Gasteiger partial charge in [0.2, 0.25) is 0 Å². The van der Waals surface area contributed by atoms with Gasteiger partial charge in [0.05, 0.1) is 22.3 Å². The van der Waals surface area contributed by atoms with Gasteiger partial charge in [0.25, 0.3) is 0 Å². The zero-order valence-electron chi connectivity index (χ0n) is 13.4. The fraction of sp³-hybridized carbons (Fsp3) is 0.438. The Hall–Kier alpha value is -2.19. The van der Waals surface area contributed by atoms with Gasteiger partial charge in [0, 0.05) is 17.8 Å². The second-order valence-electron chi connectivity index (χ2n) is 5.91. The lowest BCUT2D eigenvalue weighted by Gasteiger charge is -2.42. The average Bonchev–Trinajstić information content (AvgIpc) is 2.96. The predicted molar refractivity (Wildman–Crippen MR) is 93.5 cm³/mol. The van der Waals surface area contributed by atoms with E-state index in [4.69, 9.17) is 5.11 Å². The number of fused-ring (bicyclic) bond motifs is 1. The molecular weight excluding hydrogens is 328 g/mol. The van der Waals surface area contributed by atoms with E-state index in [-0.39, 0.29) is 24.7 Å². The fourth-order valence-electron chi connectivity index (χ4n) is 2.96. The van der Waals surface area contributed by atoms with Crippen LogP contribution < -0.4 is 10.6 Å². The van der Waals surface area contributed by atoms with Crippen LogP contribution in [0.25, 0.3) is 10.2 Å². The molecule has 0 unspecified atom stereocenters. The molecule has 1 aliphatic carbocycles. The third-order valence-corrected chi connectivity index (χ3v) is 5.09. The van der Waals surface area contributed by atoms with E-state index in [0.29, 0.717) is 6.54 Å². The number of amides is 2. The molecule has 24 heavy (non-hydrogen) atoms. The van der Waals surface area contributed by atoms with Gasteiger partial charge in [-0.1, -0.05) is 6.92 Å². The first-order valence-corrected chi connectivity index (χ1v) is 8.79. The van der Waals surface area contributed by atoms with Crippen LogP contribution in [0.3, 0.4) is 0 Å². The Balaban J connectivity index is 1.47. The number of benzene rings is 1. The van der Waals surface area contributed by atoms with Gasteiger partial charge in [-0.15, -0.1) is 11.3 Å². The van der Waals surface area contributed by atoms with Crippen LogP contribution in [0.5, 0.6) is 0 Å². The minimum absolute atomic E-state index is 0.0505. The van der Waals surface area contributed by atoms with Crippen LogP contribution in [0.2, 0.25) is 0 Å². The Bertz CT molecular complexity index is 742. The number of rotatable bonds is 6. The van der Waals surface area contributed by atoms with Crippen LogP contribution in [0.1, 0.15) is 19.8 Å². The van der Waals surface area contributed by atoms with E-state index in [1.54, 1.807) is 5.51 Å². The number of aromatic nitrogens is 1. The van der Waals surface area contributed by atoms with Gasteiger partial charge in [0.1, 0.15) is 0 Å². The molecule has 8 heteroatoms. The van der Waals surface area contributed by atoms with E-state index in [2.05, 4.69) is 15.6 Å². The number of carbonyl (C=O) groups is 2. The van der Waals surface area contributed by atoms with Crippen molar-refractivity contribution in [3.8, 4) is 0 Å². The maximum absolute atomic E-state index is 12.1. The third-order valence-electron chi connectivity index (χ3n) is 4.30. The quantitative estimate of drug-likeness (QED) is 0.745. The van der Waals surface area contributed by atoms with Crippen molar-refractivity contribution in [1.29, 1.82) is 0 Å². The molecule has 128 valence electrons. The summed E-state index contributed by atoms with van der Waals surface area (Å²) >= 11 is 1.53. The van der Waals surface area contributed by atoms with Gasteiger partial charge in [-0.25, -0.2) is 9.78 Å². The lowest BCUT2D eigenvalue weighted by atomic mass is 9.85. The van der Waals surface area contributed by atoms with Gasteiger partial charge in [-0.3, -0.25) is 9.69 Å². The first-order chi connectivity index (χ1) is 11.5. The van der Waals surface area contributed by atoms with Crippen molar-refractivity contribution in [2.45, 2.75) is 31.8 Å². The number of hydrogen-bond acceptors (Lipinski definition) is 5. The first-order valence-electron chi connectivity index (χ1n) is 7.91. The Morgan fingerprint density at radius 1 is 1.42 bits per heavy atom. The number of urea groups is 1. The Labute approximate surface area is 143 Å². The molecule has 0 spiro atoms. The number of hydrogen-bond donors (Lipinski definition) is 3. The zero-order chi connectivity index (χ0) is 17.1. The molecule has 0 bridgehead atoms. The maximum Gasteiger partial charge on any atom is 0.319 e. The van der Waals surface area contributed by atoms with Crippen LogP contribution in [0, 0.1) is 0 Å². The van der Waals surface area contributed by atoms with Crippen molar-refractivity contribution < 1.29 is 14.7 Å².